The van der Waals surface area contributed by atoms with Crippen molar-refractivity contribution in [3.8, 4) is 0 Å². The zero-order chi connectivity index (χ0) is 9.68. The van der Waals surface area contributed by atoms with Crippen LogP contribution in [0.2, 0.25) is 0 Å². The van der Waals surface area contributed by atoms with E-state index in [0.29, 0.717) is 6.54 Å². The maximum Gasteiger partial charge on any atom is 0.226 e. The maximum absolute atomic E-state index is 10.9. The van der Waals surface area contributed by atoms with Gasteiger partial charge in [-0.3, -0.25) is 9.59 Å². The van der Waals surface area contributed by atoms with E-state index in [4.69, 9.17) is 5.73 Å². The van der Waals surface area contributed by atoms with Gasteiger partial charge in [0, 0.05) is 11.0 Å². The molecule has 0 unspecified atom stereocenters. The van der Waals surface area contributed by atoms with Crippen LogP contribution in [0.3, 0.4) is 0 Å². The Hall–Kier alpha value is -0.870. The van der Waals surface area contributed by atoms with Gasteiger partial charge in [-0.05, 0) is 30.9 Å². The van der Waals surface area contributed by atoms with Crippen LogP contribution in [-0.2, 0) is 9.59 Å². The zero-order valence-corrected chi connectivity index (χ0v) is 7.97. The van der Waals surface area contributed by atoms with Crippen LogP contribution in [-0.4, -0.2) is 23.9 Å². The molecule has 0 aromatic rings. The molecule has 0 saturated heterocycles. The highest BCUT2D eigenvalue weighted by atomic mass is 32.2. The quantitative estimate of drug-likeness (QED) is 0.408. The Balaban J connectivity index is 2.44. The molecular formula is C9H11NO2S. The molecule has 0 aromatic carbocycles. The molecule has 2 N–H and O–H groups in total. The predicted molar refractivity (Wildman–Crippen MR) is 53.4 cm³/mol. The number of allylic oxidation sites excluding steroid dienone is 3. The van der Waals surface area contributed by atoms with Gasteiger partial charge in [-0.2, -0.15) is 0 Å². The molecule has 1 aliphatic rings. The number of hydrogen-bond donors (Lipinski definition) is 1. The van der Waals surface area contributed by atoms with Crippen molar-refractivity contribution in [2.75, 3.05) is 12.3 Å². The summed E-state index contributed by atoms with van der Waals surface area (Å²) in [5.41, 5.74) is 5.32. The normalized spacial score (nSPS) is 16.2. The second-order valence-corrected chi connectivity index (χ2v) is 3.77. The molecule has 0 aromatic heterocycles. The van der Waals surface area contributed by atoms with Crippen molar-refractivity contribution in [2.24, 2.45) is 5.73 Å². The van der Waals surface area contributed by atoms with Crippen molar-refractivity contribution in [3.63, 3.8) is 0 Å². The van der Waals surface area contributed by atoms with Crippen molar-refractivity contribution < 1.29 is 9.59 Å². The Morgan fingerprint density at radius 3 is 2.62 bits per heavy atom. The van der Waals surface area contributed by atoms with Crippen LogP contribution < -0.4 is 5.73 Å². The topological polar surface area (TPSA) is 60.2 Å². The minimum absolute atomic E-state index is 0.433. The van der Waals surface area contributed by atoms with E-state index in [-0.39, 0.29) is 0 Å². The Labute approximate surface area is 81.1 Å². The third kappa shape index (κ3) is 3.16. The average molecular weight is 197 g/mol. The van der Waals surface area contributed by atoms with E-state index in [1.54, 1.807) is 17.8 Å². The minimum atomic E-state index is -0.442. The Morgan fingerprint density at radius 2 is 2.00 bits per heavy atom. The van der Waals surface area contributed by atoms with Gasteiger partial charge >= 0.3 is 0 Å². The van der Waals surface area contributed by atoms with Crippen molar-refractivity contribution in [2.45, 2.75) is 6.42 Å². The minimum Gasteiger partial charge on any atom is -0.330 e. The summed E-state index contributed by atoms with van der Waals surface area (Å²) in [7, 11) is 0. The Bertz CT molecular complexity index is 281. The highest BCUT2D eigenvalue weighted by Gasteiger charge is 2.12. The molecule has 13 heavy (non-hydrogen) atoms. The van der Waals surface area contributed by atoms with E-state index >= 15 is 0 Å². The average Bonchev–Trinajstić information content (AvgIpc) is 2.12. The van der Waals surface area contributed by atoms with Gasteiger partial charge in [0.1, 0.15) is 0 Å². The maximum atomic E-state index is 10.9. The highest BCUT2D eigenvalue weighted by molar-refractivity contribution is 8.03. The van der Waals surface area contributed by atoms with E-state index in [0.717, 1.165) is 17.1 Å². The first-order chi connectivity index (χ1) is 6.24. The summed E-state index contributed by atoms with van der Waals surface area (Å²) in [6.07, 6.45) is 5.28. The first-order valence-electron chi connectivity index (χ1n) is 4.05. The van der Waals surface area contributed by atoms with Crippen molar-refractivity contribution in [1.29, 1.82) is 0 Å². The fraction of sp³-hybridized carbons (Fsp3) is 0.333. The summed E-state index contributed by atoms with van der Waals surface area (Å²) < 4.78 is 0. The number of nitrogens with two attached hydrogens (primary N) is 1. The monoisotopic (exact) mass is 197 g/mol. The molecule has 0 radical (unpaired) electrons. The molecule has 1 aliphatic carbocycles. The van der Waals surface area contributed by atoms with Gasteiger partial charge in [-0.15, -0.1) is 11.8 Å². The Kier molecular flexibility index (Phi) is 3.92. The van der Waals surface area contributed by atoms with Gasteiger partial charge in [0.2, 0.25) is 11.6 Å². The molecule has 0 saturated carbocycles. The second-order valence-electron chi connectivity index (χ2n) is 2.60. The van der Waals surface area contributed by atoms with E-state index in [1.807, 2.05) is 0 Å². The van der Waals surface area contributed by atoms with Gasteiger partial charge in [0.05, 0.1) is 0 Å². The molecule has 0 amide bonds. The third-order valence-electron chi connectivity index (χ3n) is 1.53. The summed E-state index contributed by atoms with van der Waals surface area (Å²) in [6, 6.07) is 0. The molecule has 1 rings (SSSR count). The number of hydrogen-bond acceptors (Lipinski definition) is 4. The fourth-order valence-electron chi connectivity index (χ4n) is 0.852. The van der Waals surface area contributed by atoms with Gasteiger partial charge in [0.15, 0.2) is 0 Å². The molecule has 0 aliphatic heterocycles. The standard InChI is InChI=1S/C9H11NO2S/c10-4-1-5-13-7-2-3-8(11)9(12)6-7/h2-3,6H,1,4-5,10H2. The first kappa shape index (κ1) is 10.2. The van der Waals surface area contributed by atoms with Crippen LogP contribution in [0, 0.1) is 0 Å². The Morgan fingerprint density at radius 1 is 1.23 bits per heavy atom. The van der Waals surface area contributed by atoms with E-state index in [2.05, 4.69) is 0 Å². The molecular weight excluding hydrogens is 186 g/mol. The van der Waals surface area contributed by atoms with Crippen molar-refractivity contribution in [1.82, 2.24) is 0 Å². The zero-order valence-electron chi connectivity index (χ0n) is 7.16. The predicted octanol–water partition coefficient (Wildman–Crippen LogP) is 0.660. The molecule has 4 heteroatoms. The summed E-state index contributed by atoms with van der Waals surface area (Å²) in [5.74, 6) is 0.00893. The first-order valence-corrected chi connectivity index (χ1v) is 5.03. The van der Waals surface area contributed by atoms with E-state index in [1.165, 1.54) is 12.2 Å². The molecule has 0 fully saturated rings. The summed E-state index contributed by atoms with van der Waals surface area (Å²) in [4.78, 5) is 22.5. The van der Waals surface area contributed by atoms with Crippen LogP contribution in [0.15, 0.2) is 23.1 Å². The highest BCUT2D eigenvalue weighted by Crippen LogP contribution is 2.20. The van der Waals surface area contributed by atoms with Crippen LogP contribution in [0.1, 0.15) is 6.42 Å². The second kappa shape index (κ2) is 4.99. The molecule has 3 nitrogen and oxygen atoms in total. The summed E-state index contributed by atoms with van der Waals surface area (Å²) in [6.45, 7) is 0.650. The van der Waals surface area contributed by atoms with Gasteiger partial charge < -0.3 is 5.73 Å². The van der Waals surface area contributed by atoms with Crippen LogP contribution in [0.4, 0.5) is 0 Å². The van der Waals surface area contributed by atoms with E-state index in [9.17, 15) is 9.59 Å². The summed E-state index contributed by atoms with van der Waals surface area (Å²) >= 11 is 1.55. The lowest BCUT2D eigenvalue weighted by Gasteiger charge is -2.03. The molecule has 0 bridgehead atoms. The number of rotatable bonds is 4. The molecule has 70 valence electrons. The lowest BCUT2D eigenvalue weighted by atomic mass is 10.1. The molecule has 0 heterocycles. The van der Waals surface area contributed by atoms with E-state index < -0.39 is 11.6 Å². The number of ketones is 2. The molecule has 0 atom stereocenters. The smallest absolute Gasteiger partial charge is 0.226 e. The van der Waals surface area contributed by atoms with Crippen LogP contribution >= 0.6 is 11.8 Å². The SMILES string of the molecule is NCCCSC1=CC(=O)C(=O)C=C1. The number of carbonyl (C=O) groups is 2. The largest absolute Gasteiger partial charge is 0.330 e. The van der Waals surface area contributed by atoms with Gasteiger partial charge in [-0.1, -0.05) is 0 Å². The molecule has 0 spiro atoms. The summed E-state index contributed by atoms with van der Waals surface area (Å²) in [5, 5.41) is 0. The van der Waals surface area contributed by atoms with Crippen LogP contribution in [0.25, 0.3) is 0 Å². The third-order valence-corrected chi connectivity index (χ3v) is 2.61. The van der Waals surface area contributed by atoms with Crippen molar-refractivity contribution in [3.05, 3.63) is 23.1 Å². The van der Waals surface area contributed by atoms with Gasteiger partial charge in [0.25, 0.3) is 0 Å². The fourth-order valence-corrected chi connectivity index (χ4v) is 1.75. The lowest BCUT2D eigenvalue weighted by molar-refractivity contribution is -0.131. The van der Waals surface area contributed by atoms with Crippen molar-refractivity contribution >= 4 is 23.3 Å². The lowest BCUT2D eigenvalue weighted by Crippen LogP contribution is -2.11. The number of carbonyl (C=O) groups excluding carboxylic acids is 2. The van der Waals surface area contributed by atoms with Gasteiger partial charge in [-0.25, -0.2) is 0 Å². The van der Waals surface area contributed by atoms with Crippen LogP contribution in [0.5, 0.6) is 0 Å². The number of thioether (sulfide) groups is 1.